The Hall–Kier alpha value is 0.371. The molecule has 0 amide bonds. The molecule has 0 N–H and O–H groups in total. The molecule has 0 atom stereocenters. The first-order chi connectivity index (χ1) is 14.2. The summed E-state index contributed by atoms with van der Waals surface area (Å²) in [6.07, 6.45) is 13.3. The molecule has 0 heterocycles. The molecule has 0 aliphatic heterocycles. The molecule has 0 aromatic heterocycles. The van der Waals surface area contributed by atoms with Gasteiger partial charge in [0.15, 0.2) is 0 Å². The first-order valence-electron chi connectivity index (χ1n) is 12.6. The van der Waals surface area contributed by atoms with Crippen LogP contribution < -0.4 is 47.6 Å². The quantitative estimate of drug-likeness (QED) is 0.169. The summed E-state index contributed by atoms with van der Waals surface area (Å²) in [5, 5.41) is 3.22. The molecule has 2 rings (SSSR count). The molecule has 5 heteroatoms. The average Bonchev–Trinajstić information content (AvgIpc) is 3.20. The van der Waals surface area contributed by atoms with Gasteiger partial charge in [-0.15, -0.1) is 0 Å². The number of hydrogen-bond acceptors (Lipinski definition) is 0. The van der Waals surface area contributed by atoms with Gasteiger partial charge in [-0.1, -0.05) is 115 Å². The molecule has 0 saturated carbocycles. The molecule has 0 unspecified atom stereocenters. The Bertz CT molecular complexity index is 748. The van der Waals surface area contributed by atoms with Crippen LogP contribution in [0.1, 0.15) is 103 Å². The fourth-order valence-electron chi connectivity index (χ4n) is 4.39. The summed E-state index contributed by atoms with van der Waals surface area (Å²) >= 11 is 0. The molecular weight excluding hydrogens is 531 g/mol. The number of rotatable bonds is 12. The zero-order valence-electron chi connectivity index (χ0n) is 22.7. The summed E-state index contributed by atoms with van der Waals surface area (Å²) < 4.78 is 0. The van der Waals surface area contributed by atoms with Gasteiger partial charge in [0.05, 0.1) is 8.07 Å². The summed E-state index contributed by atoms with van der Waals surface area (Å²) in [6, 6.07) is 14.9. The summed E-state index contributed by atoms with van der Waals surface area (Å²) in [6.45, 7) is 16.7. The molecule has 2 aromatic carbocycles. The third kappa shape index (κ3) is 12.1. The smallest absolute Gasteiger partial charge is 1.00 e. The number of unbranched alkanes of at least 4 members (excludes halogenated alkanes) is 6. The van der Waals surface area contributed by atoms with Crippen LogP contribution in [-0.2, 0) is 40.0 Å². The Labute approximate surface area is 246 Å². The van der Waals surface area contributed by atoms with Gasteiger partial charge in [0, 0.05) is 0 Å². The average molecular weight is 578 g/mol. The molecule has 0 aliphatic rings. The van der Waals surface area contributed by atoms with E-state index in [1.54, 1.807) is 21.5 Å². The van der Waals surface area contributed by atoms with Crippen LogP contribution in [0.2, 0.25) is 13.1 Å². The maximum absolute atomic E-state index is 2.57. The number of hydrogen-bond donors (Lipinski definition) is 0. The Morgan fingerprint density at radius 1 is 0.735 bits per heavy atom. The molecule has 0 bridgehead atoms. The monoisotopic (exact) mass is 576 g/mol. The first-order valence-corrected chi connectivity index (χ1v) is 15.6. The molecular formula is C29H47Cl3SiTi. The summed E-state index contributed by atoms with van der Waals surface area (Å²) in [5.41, 5.74) is 4.87. The van der Waals surface area contributed by atoms with Crippen molar-refractivity contribution in [3.63, 3.8) is 0 Å². The van der Waals surface area contributed by atoms with Crippen LogP contribution in [-0.4, -0.2) is 8.07 Å². The second-order valence-corrected chi connectivity index (χ2v) is 15.3. The van der Waals surface area contributed by atoms with Crippen molar-refractivity contribution in [2.45, 2.75) is 117 Å². The van der Waals surface area contributed by atoms with Gasteiger partial charge in [0.25, 0.3) is 0 Å². The maximum atomic E-state index is 2.57. The van der Waals surface area contributed by atoms with E-state index in [9.17, 15) is 0 Å². The molecule has 0 saturated heterocycles. The normalized spacial score (nSPS) is 11.0. The standard InChI is InChI=1S/C29H47Si.3ClH.Ti/c1-8-10-12-14-16-24-20-25(17-15-13-11-9-2)22-28(21-24)30(6,7)27-19-18-26(23-27)29(3,4)5;;;;/h18-23H,8-17H2,1-7H3;3*1H;/q-1;;;;+4/p-3. The van der Waals surface area contributed by atoms with Gasteiger partial charge in [-0.3, -0.25) is 0 Å². The molecule has 0 nitrogen and oxygen atoms in total. The third-order valence-electron chi connectivity index (χ3n) is 6.75. The zero-order valence-corrected chi connectivity index (χ0v) is 27.5. The molecule has 2 aromatic rings. The van der Waals surface area contributed by atoms with Crippen LogP contribution >= 0.6 is 0 Å². The minimum absolute atomic E-state index is 0. The predicted octanol–water partition coefficient (Wildman–Crippen LogP) is -1.22. The Kier molecular flexibility index (Phi) is 21.3. The third-order valence-corrected chi connectivity index (χ3v) is 10.2. The van der Waals surface area contributed by atoms with E-state index in [-0.39, 0.29) is 64.4 Å². The van der Waals surface area contributed by atoms with Crippen molar-refractivity contribution in [1.82, 2.24) is 0 Å². The summed E-state index contributed by atoms with van der Waals surface area (Å²) in [4.78, 5) is 0. The van der Waals surface area contributed by atoms with Gasteiger partial charge >= 0.3 is 21.7 Å². The molecule has 0 aliphatic carbocycles. The summed E-state index contributed by atoms with van der Waals surface area (Å²) in [7, 11) is -1.69. The van der Waals surface area contributed by atoms with Crippen molar-refractivity contribution in [2.75, 3.05) is 0 Å². The van der Waals surface area contributed by atoms with Gasteiger partial charge in [-0.05, 0) is 36.8 Å². The van der Waals surface area contributed by atoms with Crippen LogP contribution in [0, 0.1) is 0 Å². The fourth-order valence-corrected chi connectivity index (χ4v) is 6.83. The van der Waals surface area contributed by atoms with E-state index < -0.39 is 8.07 Å². The minimum Gasteiger partial charge on any atom is -1.00 e. The van der Waals surface area contributed by atoms with Crippen LogP contribution in [0.4, 0.5) is 0 Å². The van der Waals surface area contributed by atoms with Crippen LogP contribution in [0.15, 0.2) is 36.4 Å². The Morgan fingerprint density at radius 2 is 1.21 bits per heavy atom. The number of benzene rings is 1. The van der Waals surface area contributed by atoms with E-state index in [0.29, 0.717) is 0 Å². The molecule has 34 heavy (non-hydrogen) atoms. The SMILES string of the molecule is CCCCCCc1cc(CCCCCC)cc([Si](C)(C)[c-]2ccc(C(C)(C)C)c2)c1.[Cl-].[Cl-].[Cl-].[Ti+4]. The van der Waals surface area contributed by atoms with Crippen molar-refractivity contribution in [3.8, 4) is 0 Å². The zero-order chi connectivity index (χ0) is 22.2. The topological polar surface area (TPSA) is 0 Å². The van der Waals surface area contributed by atoms with Gasteiger partial charge in [0.2, 0.25) is 0 Å². The largest absolute Gasteiger partial charge is 4.00 e. The summed E-state index contributed by atoms with van der Waals surface area (Å²) in [5.74, 6) is 0. The van der Waals surface area contributed by atoms with Crippen LogP contribution in [0.3, 0.4) is 0 Å². The van der Waals surface area contributed by atoms with Crippen LogP contribution in [0.5, 0.6) is 0 Å². The molecule has 0 radical (unpaired) electrons. The maximum Gasteiger partial charge on any atom is 4.00 e. The second kappa shape index (κ2) is 18.6. The predicted molar refractivity (Wildman–Crippen MR) is 140 cm³/mol. The van der Waals surface area contributed by atoms with Crippen molar-refractivity contribution in [2.24, 2.45) is 0 Å². The number of aryl methyl sites for hydroxylation is 2. The Balaban J connectivity index is -0.00000240. The van der Waals surface area contributed by atoms with Crippen molar-refractivity contribution in [3.05, 3.63) is 53.1 Å². The van der Waals surface area contributed by atoms with E-state index >= 15 is 0 Å². The minimum atomic E-state index is -1.69. The molecule has 0 spiro atoms. The van der Waals surface area contributed by atoms with Crippen molar-refractivity contribution < 1.29 is 58.9 Å². The van der Waals surface area contributed by atoms with E-state index in [1.807, 2.05) is 0 Å². The van der Waals surface area contributed by atoms with E-state index in [4.69, 9.17) is 0 Å². The van der Waals surface area contributed by atoms with Gasteiger partial charge < -0.3 is 37.2 Å². The Morgan fingerprint density at radius 3 is 1.59 bits per heavy atom. The molecule has 192 valence electrons. The van der Waals surface area contributed by atoms with E-state index in [0.717, 1.165) is 0 Å². The van der Waals surface area contributed by atoms with E-state index in [1.165, 1.54) is 69.8 Å². The van der Waals surface area contributed by atoms with Gasteiger partial charge in [-0.25, -0.2) is 6.07 Å². The van der Waals surface area contributed by atoms with Crippen molar-refractivity contribution in [1.29, 1.82) is 0 Å². The molecule has 0 fully saturated rings. The van der Waals surface area contributed by atoms with Gasteiger partial charge in [-0.2, -0.15) is 22.9 Å². The number of halogens is 3. The van der Waals surface area contributed by atoms with Crippen molar-refractivity contribution >= 4 is 18.4 Å². The second-order valence-electron chi connectivity index (χ2n) is 10.9. The fraction of sp³-hybridized carbons (Fsp3) is 0.621. The van der Waals surface area contributed by atoms with Gasteiger partial charge in [0.1, 0.15) is 0 Å². The first kappa shape index (κ1) is 38.9. The van der Waals surface area contributed by atoms with Crippen LogP contribution in [0.25, 0.3) is 0 Å². The van der Waals surface area contributed by atoms with E-state index in [2.05, 4.69) is 84.1 Å².